The van der Waals surface area contributed by atoms with Crippen molar-refractivity contribution >= 4 is 34.2 Å². The number of rotatable bonds is 4. The van der Waals surface area contributed by atoms with Gasteiger partial charge in [-0.05, 0) is 31.5 Å². The molecule has 7 heteroatoms. The third-order valence-electron chi connectivity index (χ3n) is 6.00. The number of nitrogens with zero attached hydrogens (tertiary/aromatic N) is 4. The predicted octanol–water partition coefficient (Wildman–Crippen LogP) is 4.03. The summed E-state index contributed by atoms with van der Waals surface area (Å²) in [7, 11) is 2.01. The van der Waals surface area contributed by atoms with Gasteiger partial charge in [-0.15, -0.1) is 0 Å². The lowest BCUT2D eigenvalue weighted by Gasteiger charge is -2.27. The van der Waals surface area contributed by atoms with Gasteiger partial charge in [0.15, 0.2) is 0 Å². The molecule has 0 saturated heterocycles. The average molecular weight is 428 g/mol. The normalized spacial score (nSPS) is 13.5. The summed E-state index contributed by atoms with van der Waals surface area (Å²) in [5.74, 6) is 0.351. The summed E-state index contributed by atoms with van der Waals surface area (Å²) in [6, 6.07) is 15.9. The molecule has 0 spiro atoms. The van der Waals surface area contributed by atoms with Gasteiger partial charge in [-0.25, -0.2) is 4.68 Å². The van der Waals surface area contributed by atoms with Gasteiger partial charge < -0.3 is 9.88 Å². The van der Waals surface area contributed by atoms with Crippen molar-refractivity contribution in [2.75, 3.05) is 16.8 Å². The summed E-state index contributed by atoms with van der Waals surface area (Å²) in [5.41, 5.74) is 5.82. The molecule has 162 valence electrons. The van der Waals surface area contributed by atoms with Crippen LogP contribution in [-0.4, -0.2) is 32.7 Å². The molecular weight excluding hydrogens is 402 g/mol. The number of para-hydroxylation sites is 1. The number of aromatic nitrogens is 3. The van der Waals surface area contributed by atoms with E-state index in [9.17, 15) is 9.59 Å². The summed E-state index contributed by atoms with van der Waals surface area (Å²) in [6.45, 7) is 4.43. The van der Waals surface area contributed by atoms with Gasteiger partial charge in [0, 0.05) is 47.9 Å². The Balaban J connectivity index is 1.44. The number of benzene rings is 2. The lowest BCUT2D eigenvalue weighted by Crippen LogP contribution is -2.42. The largest absolute Gasteiger partial charge is 0.350 e. The molecule has 4 aromatic rings. The van der Waals surface area contributed by atoms with Crippen molar-refractivity contribution < 1.29 is 9.59 Å². The predicted molar refractivity (Wildman–Crippen MR) is 126 cm³/mol. The fraction of sp³-hybridized carbons (Fsp3) is 0.240. The molecular formula is C25H25N5O2. The highest BCUT2D eigenvalue weighted by Crippen LogP contribution is 2.33. The molecule has 0 unspecified atom stereocenters. The highest BCUT2D eigenvalue weighted by molar-refractivity contribution is 6.03. The third kappa shape index (κ3) is 3.45. The lowest BCUT2D eigenvalue weighted by atomic mass is 10.1. The minimum Gasteiger partial charge on any atom is -0.350 e. The van der Waals surface area contributed by atoms with Gasteiger partial charge in [-0.3, -0.25) is 14.5 Å². The van der Waals surface area contributed by atoms with E-state index < -0.39 is 0 Å². The van der Waals surface area contributed by atoms with Crippen LogP contribution in [0.25, 0.3) is 22.2 Å². The van der Waals surface area contributed by atoms with Gasteiger partial charge in [0.05, 0.1) is 12.2 Å². The number of fused-ring (bicyclic) bond motifs is 2. The van der Waals surface area contributed by atoms with Crippen LogP contribution in [0.4, 0.5) is 11.5 Å². The molecule has 0 saturated carbocycles. The van der Waals surface area contributed by atoms with Crippen molar-refractivity contribution in [1.29, 1.82) is 0 Å². The molecule has 0 bridgehead atoms. The number of hydrogen-bond donors (Lipinski definition) is 1. The Morgan fingerprint density at radius 3 is 2.75 bits per heavy atom. The molecule has 0 atom stereocenters. The summed E-state index contributed by atoms with van der Waals surface area (Å²) in [6.07, 6.45) is 2.37. The number of amides is 2. The summed E-state index contributed by atoms with van der Waals surface area (Å²) >= 11 is 0. The van der Waals surface area contributed by atoms with Gasteiger partial charge in [0.25, 0.3) is 0 Å². The van der Waals surface area contributed by atoms with Crippen LogP contribution < -0.4 is 10.2 Å². The Morgan fingerprint density at radius 1 is 1.12 bits per heavy atom. The molecule has 2 aromatic carbocycles. The van der Waals surface area contributed by atoms with Crippen LogP contribution in [0.1, 0.15) is 17.5 Å². The fourth-order valence-corrected chi connectivity index (χ4v) is 4.39. The third-order valence-corrected chi connectivity index (χ3v) is 6.00. The highest BCUT2D eigenvalue weighted by atomic mass is 16.2. The highest BCUT2D eigenvalue weighted by Gasteiger charge is 2.29. The Morgan fingerprint density at radius 2 is 1.94 bits per heavy atom. The second-order valence-electron chi connectivity index (χ2n) is 8.38. The summed E-state index contributed by atoms with van der Waals surface area (Å²) in [5, 5.41) is 8.81. The van der Waals surface area contributed by atoms with Crippen LogP contribution in [0.5, 0.6) is 0 Å². The molecule has 7 nitrogen and oxygen atoms in total. The van der Waals surface area contributed by atoms with E-state index in [1.54, 1.807) is 0 Å². The minimum atomic E-state index is -0.230. The van der Waals surface area contributed by atoms with E-state index >= 15 is 0 Å². The van der Waals surface area contributed by atoms with E-state index in [0.29, 0.717) is 18.8 Å². The van der Waals surface area contributed by atoms with Gasteiger partial charge in [-0.1, -0.05) is 35.9 Å². The average Bonchev–Trinajstić information content (AvgIpc) is 3.34. The smallest absolute Gasteiger partial charge is 0.244 e. The number of hydrogen-bond acceptors (Lipinski definition) is 3. The van der Waals surface area contributed by atoms with Crippen LogP contribution in [0, 0.1) is 13.8 Å². The molecule has 0 fully saturated rings. The second-order valence-corrected chi connectivity index (χ2v) is 8.38. The van der Waals surface area contributed by atoms with Crippen molar-refractivity contribution in [1.82, 2.24) is 14.3 Å². The number of anilines is 2. The number of carbonyl (C=O) groups is 2. The first-order chi connectivity index (χ1) is 15.4. The molecule has 0 radical (unpaired) electrons. The van der Waals surface area contributed by atoms with E-state index in [1.165, 1.54) is 4.90 Å². The van der Waals surface area contributed by atoms with Crippen LogP contribution in [0.15, 0.2) is 54.7 Å². The van der Waals surface area contributed by atoms with Crippen molar-refractivity contribution in [3.8, 4) is 11.3 Å². The molecule has 1 aliphatic rings. The first-order valence-electron chi connectivity index (χ1n) is 10.7. The van der Waals surface area contributed by atoms with Gasteiger partial charge >= 0.3 is 0 Å². The minimum absolute atomic E-state index is 0.0488. The Hall–Kier alpha value is -3.87. The van der Waals surface area contributed by atoms with Crippen molar-refractivity contribution in [3.63, 3.8) is 0 Å². The maximum Gasteiger partial charge on any atom is 0.244 e. The van der Waals surface area contributed by atoms with E-state index in [0.717, 1.165) is 39.0 Å². The Bertz CT molecular complexity index is 1360. The molecule has 0 aliphatic carbocycles. The van der Waals surface area contributed by atoms with E-state index in [4.69, 9.17) is 5.10 Å². The van der Waals surface area contributed by atoms with Gasteiger partial charge in [0.1, 0.15) is 12.4 Å². The van der Waals surface area contributed by atoms with Crippen LogP contribution in [0.2, 0.25) is 0 Å². The maximum atomic E-state index is 12.8. The van der Waals surface area contributed by atoms with Crippen LogP contribution >= 0.6 is 0 Å². The van der Waals surface area contributed by atoms with Crippen molar-refractivity contribution in [2.24, 2.45) is 7.05 Å². The monoisotopic (exact) mass is 427 g/mol. The van der Waals surface area contributed by atoms with Crippen molar-refractivity contribution in [2.45, 2.75) is 26.8 Å². The van der Waals surface area contributed by atoms with Gasteiger partial charge in [-0.2, -0.15) is 5.10 Å². The summed E-state index contributed by atoms with van der Waals surface area (Å²) < 4.78 is 3.90. The molecule has 2 aromatic heterocycles. The first-order valence-corrected chi connectivity index (χ1v) is 10.7. The lowest BCUT2D eigenvalue weighted by molar-refractivity contribution is -0.122. The summed E-state index contributed by atoms with van der Waals surface area (Å²) in [4.78, 5) is 27.0. The molecule has 1 aliphatic heterocycles. The number of aryl methyl sites for hydroxylation is 4. The number of nitrogens with one attached hydrogen (secondary N) is 1. The standard InChI is InChI=1S/C25H25N5O2/c1-16-8-9-20(17(2)12-16)26-23(31)15-29-24-13-21(27-30(24)11-10-25(29)32)19-14-28(3)22-7-5-4-6-18(19)22/h4-9,12-14H,10-11,15H2,1-3H3,(H,26,31). The zero-order chi connectivity index (χ0) is 22.4. The molecule has 2 amide bonds. The topological polar surface area (TPSA) is 72.2 Å². The number of carbonyl (C=O) groups excluding carboxylic acids is 2. The molecule has 1 N–H and O–H groups in total. The molecule has 5 rings (SSSR count). The molecule has 3 heterocycles. The zero-order valence-electron chi connectivity index (χ0n) is 18.4. The maximum absolute atomic E-state index is 12.8. The quantitative estimate of drug-likeness (QED) is 0.534. The second kappa shape index (κ2) is 7.67. The zero-order valence-corrected chi connectivity index (χ0v) is 18.4. The van der Waals surface area contributed by atoms with E-state index in [1.807, 2.05) is 62.0 Å². The van der Waals surface area contributed by atoms with Crippen LogP contribution in [-0.2, 0) is 23.2 Å². The SMILES string of the molecule is Cc1ccc(NC(=O)CN2C(=O)CCn3nc(-c4cn(C)c5ccccc45)cc32)c(C)c1. The molecule has 32 heavy (non-hydrogen) atoms. The van der Waals surface area contributed by atoms with Crippen LogP contribution in [0.3, 0.4) is 0 Å². The first kappa shape index (κ1) is 20.1. The van der Waals surface area contributed by atoms with E-state index in [-0.39, 0.29) is 18.4 Å². The van der Waals surface area contributed by atoms with Crippen molar-refractivity contribution in [3.05, 3.63) is 65.9 Å². The van der Waals surface area contributed by atoms with E-state index in [2.05, 4.69) is 28.2 Å². The fourth-order valence-electron chi connectivity index (χ4n) is 4.39. The Labute approximate surface area is 186 Å². The Kier molecular flexibility index (Phi) is 4.81. The van der Waals surface area contributed by atoms with Gasteiger partial charge in [0.2, 0.25) is 11.8 Å².